The Bertz CT molecular complexity index is 537. The summed E-state index contributed by atoms with van der Waals surface area (Å²) in [5, 5.41) is 14.7. The molecule has 1 aliphatic rings. The van der Waals surface area contributed by atoms with Crippen LogP contribution in [-0.2, 0) is 0 Å². The average Bonchev–Trinajstić information content (AvgIpc) is 2.59. The van der Waals surface area contributed by atoms with E-state index in [1.807, 2.05) is 0 Å². The van der Waals surface area contributed by atoms with E-state index in [2.05, 4.69) is 15.5 Å². The molecule has 0 spiro atoms. The van der Waals surface area contributed by atoms with Crippen molar-refractivity contribution in [2.24, 2.45) is 5.84 Å². The van der Waals surface area contributed by atoms with Crippen LogP contribution in [0.15, 0.2) is 24.3 Å². The molecule has 1 saturated heterocycles. The van der Waals surface area contributed by atoms with E-state index >= 15 is 0 Å². The second-order valence-electron chi connectivity index (χ2n) is 6.17. The third kappa shape index (κ3) is 5.82. The predicted octanol–water partition coefficient (Wildman–Crippen LogP) is 1.81. The third-order valence-corrected chi connectivity index (χ3v) is 4.15. The van der Waals surface area contributed by atoms with Gasteiger partial charge in [-0.25, -0.2) is 10.6 Å². The summed E-state index contributed by atoms with van der Waals surface area (Å²) in [5.74, 6) is 5.76. The zero-order chi connectivity index (χ0) is 17.4. The second-order valence-corrected chi connectivity index (χ2v) is 6.17. The average molecular weight is 332 g/mol. The van der Waals surface area contributed by atoms with Gasteiger partial charge >= 0.3 is 6.03 Å². The van der Waals surface area contributed by atoms with Gasteiger partial charge < -0.3 is 15.5 Å². The highest BCUT2D eigenvalue weighted by Gasteiger charge is 2.09. The number of hydrogen-bond donors (Lipinski definition) is 4. The van der Waals surface area contributed by atoms with Crippen LogP contribution in [0.2, 0.25) is 0 Å². The molecule has 1 heterocycles. The third-order valence-electron chi connectivity index (χ3n) is 4.15. The van der Waals surface area contributed by atoms with E-state index in [0.29, 0.717) is 17.8 Å². The number of amides is 2. The van der Waals surface area contributed by atoms with Gasteiger partial charge in [-0.05, 0) is 63.2 Å². The van der Waals surface area contributed by atoms with Gasteiger partial charge in [-0.3, -0.25) is 10.4 Å². The van der Waals surface area contributed by atoms with Crippen molar-refractivity contribution in [1.29, 1.82) is 5.41 Å². The number of carbonyl (C=O) groups is 1. The number of piperidine rings is 1. The van der Waals surface area contributed by atoms with Crippen molar-refractivity contribution in [2.75, 3.05) is 38.5 Å². The van der Waals surface area contributed by atoms with Crippen LogP contribution in [-0.4, -0.2) is 55.0 Å². The number of hydrogen-bond acceptors (Lipinski definition) is 4. The molecule has 7 nitrogen and oxygen atoms in total. The Labute approximate surface area is 143 Å². The topological polar surface area (TPSA) is 97.5 Å². The van der Waals surface area contributed by atoms with E-state index < -0.39 is 0 Å². The van der Waals surface area contributed by atoms with Gasteiger partial charge in [0.05, 0.1) is 0 Å². The number of likely N-dealkylation sites (tertiary alicyclic amines) is 1. The maximum Gasteiger partial charge on any atom is 0.319 e. The lowest BCUT2D eigenvalue weighted by Gasteiger charge is -2.26. The number of nitrogens with zero attached hydrogens (tertiary/aromatic N) is 2. The van der Waals surface area contributed by atoms with E-state index in [-0.39, 0.29) is 11.9 Å². The summed E-state index contributed by atoms with van der Waals surface area (Å²) in [6.45, 7) is 4.09. The minimum atomic E-state index is -0.201. The first-order chi connectivity index (χ1) is 11.6. The Hall–Kier alpha value is -2.12. The summed E-state index contributed by atoms with van der Waals surface area (Å²) >= 11 is 0. The number of hydrazine groups is 1. The maximum atomic E-state index is 11.9. The smallest absolute Gasteiger partial charge is 0.319 e. The van der Waals surface area contributed by atoms with Crippen LogP contribution in [0.25, 0.3) is 0 Å². The van der Waals surface area contributed by atoms with Crippen molar-refractivity contribution in [2.45, 2.75) is 25.7 Å². The van der Waals surface area contributed by atoms with Crippen LogP contribution >= 0.6 is 0 Å². The number of nitrogens with one attached hydrogen (secondary N) is 3. The Morgan fingerprint density at radius 3 is 2.54 bits per heavy atom. The van der Waals surface area contributed by atoms with Crippen LogP contribution in [0.4, 0.5) is 10.5 Å². The van der Waals surface area contributed by atoms with Crippen LogP contribution in [0.3, 0.4) is 0 Å². The summed E-state index contributed by atoms with van der Waals surface area (Å²) in [5.41, 5.74) is 1.40. The summed E-state index contributed by atoms with van der Waals surface area (Å²) in [4.78, 5) is 14.3. The number of rotatable bonds is 6. The van der Waals surface area contributed by atoms with Crippen molar-refractivity contribution >= 4 is 17.6 Å². The Kier molecular flexibility index (Phi) is 7.02. The fraction of sp³-hybridized carbons (Fsp3) is 0.529. The van der Waals surface area contributed by atoms with Gasteiger partial charge in [-0.15, -0.1) is 0 Å². The van der Waals surface area contributed by atoms with Crippen molar-refractivity contribution in [3.63, 3.8) is 0 Å². The normalized spacial score (nSPS) is 14.9. The molecule has 1 aromatic carbocycles. The van der Waals surface area contributed by atoms with Crippen LogP contribution in [0, 0.1) is 5.41 Å². The minimum absolute atomic E-state index is 0.201. The standard InChI is InChI=1S/C17H28N6O/c1-22(19)16(18)14-6-8-15(9-7-14)21-17(24)20-10-5-13-23-11-3-2-4-12-23/h6-9,18H,2-5,10-13,19H2,1H3,(H2,20,21,24). The van der Waals surface area contributed by atoms with Crippen molar-refractivity contribution < 1.29 is 4.79 Å². The van der Waals surface area contributed by atoms with Crippen molar-refractivity contribution in [3.8, 4) is 0 Å². The van der Waals surface area contributed by atoms with Crippen LogP contribution in [0.5, 0.6) is 0 Å². The molecule has 7 heteroatoms. The molecule has 0 unspecified atom stereocenters. The zero-order valence-electron chi connectivity index (χ0n) is 14.3. The molecule has 1 aromatic rings. The fourth-order valence-electron chi connectivity index (χ4n) is 2.78. The minimum Gasteiger partial charge on any atom is -0.338 e. The molecule has 1 fully saturated rings. The van der Waals surface area contributed by atoms with E-state index in [0.717, 1.165) is 13.0 Å². The van der Waals surface area contributed by atoms with E-state index in [1.165, 1.54) is 37.4 Å². The molecule has 5 N–H and O–H groups in total. The first-order valence-electron chi connectivity index (χ1n) is 8.51. The largest absolute Gasteiger partial charge is 0.338 e. The molecular weight excluding hydrogens is 304 g/mol. The Morgan fingerprint density at radius 1 is 1.25 bits per heavy atom. The highest BCUT2D eigenvalue weighted by atomic mass is 16.2. The van der Waals surface area contributed by atoms with Crippen LogP contribution < -0.4 is 16.5 Å². The first kappa shape index (κ1) is 18.2. The molecule has 2 amide bonds. The monoisotopic (exact) mass is 332 g/mol. The molecule has 0 atom stereocenters. The van der Waals surface area contributed by atoms with Gasteiger partial charge in [0.15, 0.2) is 0 Å². The molecule has 24 heavy (non-hydrogen) atoms. The lowest BCUT2D eigenvalue weighted by atomic mass is 10.1. The molecule has 132 valence electrons. The van der Waals surface area contributed by atoms with Gasteiger partial charge in [0.25, 0.3) is 0 Å². The van der Waals surface area contributed by atoms with E-state index in [9.17, 15) is 4.79 Å². The Morgan fingerprint density at radius 2 is 1.92 bits per heavy atom. The van der Waals surface area contributed by atoms with Gasteiger partial charge in [0.2, 0.25) is 0 Å². The molecule has 0 aliphatic carbocycles. The predicted molar refractivity (Wildman–Crippen MR) is 97.2 cm³/mol. The second kappa shape index (κ2) is 9.24. The summed E-state index contributed by atoms with van der Waals surface area (Å²) in [6, 6.07) is 6.85. The maximum absolute atomic E-state index is 11.9. The number of carbonyl (C=O) groups excluding carboxylic acids is 1. The first-order valence-corrected chi connectivity index (χ1v) is 8.51. The van der Waals surface area contributed by atoms with Gasteiger partial charge in [0.1, 0.15) is 5.84 Å². The van der Waals surface area contributed by atoms with E-state index in [4.69, 9.17) is 11.3 Å². The lowest BCUT2D eigenvalue weighted by Crippen LogP contribution is -2.34. The Balaban J connectivity index is 1.67. The summed E-state index contributed by atoms with van der Waals surface area (Å²) in [7, 11) is 1.62. The highest BCUT2D eigenvalue weighted by molar-refractivity contribution is 5.96. The molecule has 1 aliphatic heterocycles. The number of nitrogens with two attached hydrogens (primary N) is 1. The number of amidine groups is 1. The molecule has 2 rings (SSSR count). The van der Waals surface area contributed by atoms with Gasteiger partial charge in [0, 0.05) is 24.8 Å². The molecular formula is C17H28N6O. The SMILES string of the molecule is CN(N)C(=N)c1ccc(NC(=O)NCCCN2CCCCC2)cc1. The van der Waals surface area contributed by atoms with Crippen molar-refractivity contribution in [1.82, 2.24) is 15.2 Å². The number of benzene rings is 1. The van der Waals surface area contributed by atoms with Gasteiger partial charge in [-0.2, -0.15) is 0 Å². The number of urea groups is 1. The molecule has 0 aromatic heterocycles. The quantitative estimate of drug-likeness (QED) is 0.210. The molecule has 0 saturated carbocycles. The molecule has 0 radical (unpaired) electrons. The summed E-state index contributed by atoms with van der Waals surface area (Å²) in [6.07, 6.45) is 4.89. The van der Waals surface area contributed by atoms with Crippen molar-refractivity contribution in [3.05, 3.63) is 29.8 Å². The summed E-state index contributed by atoms with van der Waals surface area (Å²) < 4.78 is 0. The van der Waals surface area contributed by atoms with Crippen LogP contribution in [0.1, 0.15) is 31.2 Å². The fourth-order valence-corrected chi connectivity index (χ4v) is 2.78. The highest BCUT2D eigenvalue weighted by Crippen LogP contribution is 2.10. The molecule has 0 bridgehead atoms. The lowest BCUT2D eigenvalue weighted by molar-refractivity contribution is 0.224. The van der Waals surface area contributed by atoms with E-state index in [1.54, 1.807) is 31.3 Å². The van der Waals surface area contributed by atoms with Gasteiger partial charge in [-0.1, -0.05) is 6.42 Å². The number of anilines is 1. The zero-order valence-corrected chi connectivity index (χ0v) is 14.3.